The van der Waals surface area contributed by atoms with E-state index in [1.165, 1.54) is 11.8 Å². The third-order valence-electron chi connectivity index (χ3n) is 3.07. The van der Waals surface area contributed by atoms with Crippen molar-refractivity contribution >= 4 is 40.2 Å². The highest BCUT2D eigenvalue weighted by molar-refractivity contribution is 8.14. The molecule has 0 bridgehead atoms. The van der Waals surface area contributed by atoms with Crippen molar-refractivity contribution in [3.05, 3.63) is 33.8 Å². The summed E-state index contributed by atoms with van der Waals surface area (Å²) in [6.45, 7) is 2.38. The first-order valence-electron chi connectivity index (χ1n) is 5.71. The number of nitrogens with one attached hydrogen (secondary N) is 2. The second-order valence-electron chi connectivity index (χ2n) is 4.33. The Morgan fingerprint density at radius 1 is 1.42 bits per heavy atom. The van der Waals surface area contributed by atoms with Gasteiger partial charge in [-0.2, -0.15) is 5.10 Å². The van der Waals surface area contributed by atoms with E-state index in [-0.39, 0.29) is 16.4 Å². The van der Waals surface area contributed by atoms with Crippen LogP contribution in [-0.2, 0) is 6.54 Å². The van der Waals surface area contributed by atoms with E-state index >= 15 is 0 Å². The van der Waals surface area contributed by atoms with Crippen LogP contribution in [0.4, 0.5) is 4.79 Å². The molecule has 2 aliphatic heterocycles. The maximum Gasteiger partial charge on any atom is 0.299 e. The Balaban J connectivity index is 2.06. The third-order valence-corrected chi connectivity index (χ3v) is 4.25. The molecule has 0 aliphatic carbocycles. The van der Waals surface area contributed by atoms with Crippen LogP contribution in [0.5, 0.6) is 0 Å². The molecule has 1 aromatic carbocycles. The van der Waals surface area contributed by atoms with E-state index in [0.717, 1.165) is 16.8 Å². The molecular formula is C12H10ClN3O2S. The molecule has 7 heteroatoms. The van der Waals surface area contributed by atoms with Crippen LogP contribution in [0.25, 0.3) is 0 Å². The zero-order chi connectivity index (χ0) is 13.6. The predicted octanol–water partition coefficient (Wildman–Crippen LogP) is 2.13. The number of hydrazone groups is 1. The summed E-state index contributed by atoms with van der Waals surface area (Å²) in [5.41, 5.74) is 5.43. The van der Waals surface area contributed by atoms with Crippen LogP contribution in [0.15, 0.2) is 17.2 Å². The van der Waals surface area contributed by atoms with Gasteiger partial charge in [-0.05, 0) is 24.6 Å². The quantitative estimate of drug-likeness (QED) is 0.834. The number of rotatable bonds is 1. The Morgan fingerprint density at radius 3 is 2.95 bits per heavy atom. The fraction of sp³-hybridized carbons (Fsp3) is 0.250. The monoisotopic (exact) mass is 295 g/mol. The summed E-state index contributed by atoms with van der Waals surface area (Å²) >= 11 is 7.33. The van der Waals surface area contributed by atoms with Crippen molar-refractivity contribution in [1.82, 2.24) is 10.7 Å². The summed E-state index contributed by atoms with van der Waals surface area (Å²) in [6.07, 6.45) is 0. The zero-order valence-electron chi connectivity index (χ0n) is 9.99. The van der Waals surface area contributed by atoms with Gasteiger partial charge in [-0.3, -0.25) is 9.59 Å². The smallest absolute Gasteiger partial charge is 0.299 e. The Hall–Kier alpha value is -1.53. The molecule has 1 atom stereocenters. The molecule has 98 valence electrons. The molecule has 0 radical (unpaired) electrons. The highest BCUT2D eigenvalue weighted by Gasteiger charge is 2.27. The van der Waals surface area contributed by atoms with Crippen LogP contribution < -0.4 is 10.7 Å². The largest absolute Gasteiger partial charge is 0.348 e. The van der Waals surface area contributed by atoms with Gasteiger partial charge in [0.25, 0.3) is 11.1 Å². The summed E-state index contributed by atoms with van der Waals surface area (Å²) in [5, 5.41) is 7.02. The SMILES string of the molecule is CC1SC(=O)NN=C1c1cc(Cl)c2c(c1)CNC2=O. The van der Waals surface area contributed by atoms with Crippen LogP contribution in [0.1, 0.15) is 28.4 Å². The Kier molecular flexibility index (Phi) is 2.99. The zero-order valence-corrected chi connectivity index (χ0v) is 11.6. The summed E-state index contributed by atoms with van der Waals surface area (Å²) in [5.74, 6) is -0.146. The molecule has 0 aromatic heterocycles. The van der Waals surface area contributed by atoms with Crippen molar-refractivity contribution in [3.63, 3.8) is 0 Å². The molecule has 1 unspecified atom stereocenters. The van der Waals surface area contributed by atoms with Crippen LogP contribution in [0.2, 0.25) is 5.02 Å². The molecule has 0 spiro atoms. The van der Waals surface area contributed by atoms with Gasteiger partial charge in [-0.15, -0.1) is 0 Å². The fourth-order valence-corrected chi connectivity index (χ4v) is 3.25. The highest BCUT2D eigenvalue weighted by Crippen LogP contribution is 2.29. The molecule has 0 fully saturated rings. The van der Waals surface area contributed by atoms with Gasteiger partial charge in [0, 0.05) is 12.1 Å². The number of fused-ring (bicyclic) bond motifs is 1. The van der Waals surface area contributed by atoms with E-state index in [0.29, 0.717) is 17.1 Å². The number of halogens is 1. The van der Waals surface area contributed by atoms with Gasteiger partial charge in [0.2, 0.25) is 0 Å². The van der Waals surface area contributed by atoms with Crippen molar-refractivity contribution in [2.45, 2.75) is 18.7 Å². The first-order chi connectivity index (χ1) is 9.06. The molecule has 2 amide bonds. The minimum Gasteiger partial charge on any atom is -0.348 e. The Labute approximate surface area is 118 Å². The minimum atomic E-state index is -0.166. The lowest BCUT2D eigenvalue weighted by Gasteiger charge is -2.19. The lowest BCUT2D eigenvalue weighted by Crippen LogP contribution is -2.29. The normalized spacial score (nSPS) is 21.6. The van der Waals surface area contributed by atoms with Crippen LogP contribution in [0.3, 0.4) is 0 Å². The number of thioether (sulfide) groups is 1. The van der Waals surface area contributed by atoms with Gasteiger partial charge in [0.15, 0.2) is 0 Å². The molecule has 1 aromatic rings. The highest BCUT2D eigenvalue weighted by atomic mass is 35.5. The summed E-state index contributed by atoms with van der Waals surface area (Å²) < 4.78 is 0. The predicted molar refractivity (Wildman–Crippen MR) is 74.7 cm³/mol. The molecule has 2 heterocycles. The Bertz CT molecular complexity index is 630. The average Bonchev–Trinajstić information content (AvgIpc) is 2.71. The van der Waals surface area contributed by atoms with Gasteiger partial charge in [0.05, 0.1) is 21.5 Å². The van der Waals surface area contributed by atoms with Crippen LogP contribution in [0, 0.1) is 0 Å². The molecule has 0 saturated heterocycles. The molecule has 2 N–H and O–H groups in total. The first-order valence-corrected chi connectivity index (χ1v) is 6.97. The van der Waals surface area contributed by atoms with Crippen molar-refractivity contribution in [2.24, 2.45) is 5.10 Å². The number of amides is 2. The fourth-order valence-electron chi connectivity index (χ4n) is 2.21. The number of carbonyl (C=O) groups excluding carboxylic acids is 2. The van der Waals surface area contributed by atoms with Gasteiger partial charge in [0.1, 0.15) is 0 Å². The van der Waals surface area contributed by atoms with Crippen LogP contribution in [-0.4, -0.2) is 22.1 Å². The van der Waals surface area contributed by atoms with Gasteiger partial charge in [-0.25, -0.2) is 5.43 Å². The molecular weight excluding hydrogens is 286 g/mol. The minimum absolute atomic E-state index is 0.0482. The van der Waals surface area contributed by atoms with Crippen LogP contribution >= 0.6 is 23.4 Å². The summed E-state index contributed by atoms with van der Waals surface area (Å²) in [7, 11) is 0. The average molecular weight is 296 g/mol. The second kappa shape index (κ2) is 4.54. The van der Waals surface area contributed by atoms with E-state index in [4.69, 9.17) is 11.6 Å². The van der Waals surface area contributed by atoms with Crippen molar-refractivity contribution in [2.75, 3.05) is 0 Å². The van der Waals surface area contributed by atoms with E-state index < -0.39 is 0 Å². The lowest BCUT2D eigenvalue weighted by molar-refractivity contribution is 0.0966. The summed E-state index contributed by atoms with van der Waals surface area (Å²) in [4.78, 5) is 22.8. The number of nitrogens with zero attached hydrogens (tertiary/aromatic N) is 1. The van der Waals surface area contributed by atoms with E-state index in [1.54, 1.807) is 6.07 Å². The maximum absolute atomic E-state index is 11.6. The molecule has 5 nitrogen and oxygen atoms in total. The standard InChI is InChI=1S/C12H10ClN3O2S/c1-5-10(15-16-12(18)19-5)6-2-7-4-14-11(17)9(7)8(13)3-6/h2-3,5H,4H2,1H3,(H,14,17)(H,16,18). The molecule has 2 aliphatic rings. The molecule has 0 saturated carbocycles. The molecule has 19 heavy (non-hydrogen) atoms. The number of carbonyl (C=O) groups is 2. The Morgan fingerprint density at radius 2 is 2.21 bits per heavy atom. The van der Waals surface area contributed by atoms with Crippen molar-refractivity contribution in [3.8, 4) is 0 Å². The van der Waals surface area contributed by atoms with Gasteiger partial charge in [-0.1, -0.05) is 23.4 Å². The number of hydrogen-bond donors (Lipinski definition) is 2. The van der Waals surface area contributed by atoms with Gasteiger partial charge >= 0.3 is 0 Å². The van der Waals surface area contributed by atoms with Gasteiger partial charge < -0.3 is 5.32 Å². The van der Waals surface area contributed by atoms with Crippen molar-refractivity contribution < 1.29 is 9.59 Å². The summed E-state index contributed by atoms with van der Waals surface area (Å²) in [6, 6.07) is 3.62. The first kappa shape index (κ1) is 12.5. The lowest BCUT2D eigenvalue weighted by atomic mass is 10.0. The van der Waals surface area contributed by atoms with E-state index in [9.17, 15) is 9.59 Å². The number of benzene rings is 1. The third kappa shape index (κ3) is 2.11. The van der Waals surface area contributed by atoms with E-state index in [1.807, 2.05) is 13.0 Å². The van der Waals surface area contributed by atoms with Crippen molar-refractivity contribution in [1.29, 1.82) is 0 Å². The second-order valence-corrected chi connectivity index (χ2v) is 6.05. The maximum atomic E-state index is 11.6. The molecule has 3 rings (SSSR count). The topological polar surface area (TPSA) is 70.6 Å². The van der Waals surface area contributed by atoms with E-state index in [2.05, 4.69) is 15.8 Å². The number of hydrogen-bond acceptors (Lipinski definition) is 4.